The van der Waals surface area contributed by atoms with E-state index in [4.69, 9.17) is 17.3 Å². The molecule has 0 saturated heterocycles. The third-order valence-electron chi connectivity index (χ3n) is 2.85. The monoisotopic (exact) mass is 249 g/mol. The van der Waals surface area contributed by atoms with E-state index in [9.17, 15) is 4.39 Å². The summed E-state index contributed by atoms with van der Waals surface area (Å²) in [6.07, 6.45) is 0. The van der Waals surface area contributed by atoms with Crippen LogP contribution in [0.5, 0.6) is 0 Å². The van der Waals surface area contributed by atoms with Crippen molar-refractivity contribution in [2.45, 2.75) is 13.0 Å². The van der Waals surface area contributed by atoms with Crippen LogP contribution in [0.3, 0.4) is 0 Å². The predicted octanol–water partition coefficient (Wildman–Crippen LogP) is 3.84. The van der Waals surface area contributed by atoms with Crippen LogP contribution in [0.2, 0.25) is 5.02 Å². The molecular weight excluding hydrogens is 237 g/mol. The highest BCUT2D eigenvalue weighted by Gasteiger charge is 2.13. The van der Waals surface area contributed by atoms with Crippen LogP contribution < -0.4 is 5.73 Å². The molecule has 0 aliphatic heterocycles. The zero-order valence-electron chi connectivity index (χ0n) is 9.45. The van der Waals surface area contributed by atoms with E-state index in [0.717, 1.165) is 16.7 Å². The highest BCUT2D eigenvalue weighted by atomic mass is 35.5. The molecule has 1 atom stereocenters. The quantitative estimate of drug-likeness (QED) is 0.860. The van der Waals surface area contributed by atoms with Crippen molar-refractivity contribution in [2.24, 2.45) is 5.73 Å². The first-order chi connectivity index (χ1) is 8.09. The zero-order chi connectivity index (χ0) is 12.4. The molecule has 2 N–H and O–H groups in total. The highest BCUT2D eigenvalue weighted by molar-refractivity contribution is 6.31. The van der Waals surface area contributed by atoms with Gasteiger partial charge in [-0.05, 0) is 41.8 Å². The maximum atomic E-state index is 13.1. The number of benzene rings is 2. The topological polar surface area (TPSA) is 26.0 Å². The second kappa shape index (κ2) is 4.86. The van der Waals surface area contributed by atoms with Gasteiger partial charge < -0.3 is 5.73 Å². The summed E-state index contributed by atoms with van der Waals surface area (Å²) in [7, 11) is 0. The lowest BCUT2D eigenvalue weighted by molar-refractivity contribution is 0.623. The van der Waals surface area contributed by atoms with E-state index in [1.807, 2.05) is 31.2 Å². The summed E-state index contributed by atoms with van der Waals surface area (Å²) in [5.41, 5.74) is 8.73. The average Bonchev–Trinajstić information content (AvgIpc) is 2.32. The van der Waals surface area contributed by atoms with Crippen molar-refractivity contribution in [1.82, 2.24) is 0 Å². The third kappa shape index (κ3) is 2.48. The van der Waals surface area contributed by atoms with Crippen molar-refractivity contribution in [1.29, 1.82) is 0 Å². The van der Waals surface area contributed by atoms with Crippen LogP contribution in [-0.2, 0) is 0 Å². The Hall–Kier alpha value is -1.38. The molecule has 0 aliphatic rings. The zero-order valence-corrected chi connectivity index (χ0v) is 10.2. The highest BCUT2D eigenvalue weighted by Crippen LogP contribution is 2.27. The Balaban J connectivity index is 2.44. The SMILES string of the molecule is Cc1c(Cl)cccc1C(N)c1cccc(F)c1. The molecule has 0 spiro atoms. The largest absolute Gasteiger partial charge is 0.320 e. The predicted molar refractivity (Wildman–Crippen MR) is 68.6 cm³/mol. The van der Waals surface area contributed by atoms with Gasteiger partial charge in [0.1, 0.15) is 5.82 Å². The van der Waals surface area contributed by atoms with E-state index in [-0.39, 0.29) is 11.9 Å². The third-order valence-corrected chi connectivity index (χ3v) is 3.26. The Labute approximate surface area is 105 Å². The normalized spacial score (nSPS) is 12.5. The van der Waals surface area contributed by atoms with Gasteiger partial charge in [-0.15, -0.1) is 0 Å². The maximum absolute atomic E-state index is 13.1. The first-order valence-corrected chi connectivity index (χ1v) is 5.73. The Kier molecular flexibility index (Phi) is 3.46. The maximum Gasteiger partial charge on any atom is 0.123 e. The lowest BCUT2D eigenvalue weighted by atomic mass is 9.96. The van der Waals surface area contributed by atoms with Gasteiger partial charge in [-0.2, -0.15) is 0 Å². The minimum atomic E-state index is -0.357. The van der Waals surface area contributed by atoms with E-state index < -0.39 is 0 Å². The Morgan fingerprint density at radius 2 is 1.88 bits per heavy atom. The van der Waals surface area contributed by atoms with Gasteiger partial charge in [0.2, 0.25) is 0 Å². The summed E-state index contributed by atoms with van der Waals surface area (Å²) in [5.74, 6) is -0.280. The van der Waals surface area contributed by atoms with Crippen molar-refractivity contribution in [3.05, 3.63) is 70.0 Å². The van der Waals surface area contributed by atoms with Gasteiger partial charge in [-0.1, -0.05) is 35.9 Å². The van der Waals surface area contributed by atoms with Crippen LogP contribution in [0, 0.1) is 12.7 Å². The summed E-state index contributed by atoms with van der Waals surface area (Å²) in [6.45, 7) is 1.91. The molecule has 17 heavy (non-hydrogen) atoms. The first-order valence-electron chi connectivity index (χ1n) is 5.35. The molecule has 1 unspecified atom stereocenters. The van der Waals surface area contributed by atoms with E-state index in [1.165, 1.54) is 12.1 Å². The van der Waals surface area contributed by atoms with Gasteiger partial charge in [0.15, 0.2) is 0 Å². The molecule has 0 heterocycles. The van der Waals surface area contributed by atoms with Gasteiger partial charge in [0.25, 0.3) is 0 Å². The van der Waals surface area contributed by atoms with Crippen molar-refractivity contribution in [3.8, 4) is 0 Å². The Morgan fingerprint density at radius 3 is 2.59 bits per heavy atom. The standard InChI is InChI=1S/C14H13ClFN/c1-9-12(6-3-7-13(9)15)14(17)10-4-2-5-11(16)8-10/h2-8,14H,17H2,1H3. The minimum absolute atomic E-state index is 0.280. The second-order valence-electron chi connectivity index (χ2n) is 3.99. The lowest BCUT2D eigenvalue weighted by Gasteiger charge is -2.16. The summed E-state index contributed by atoms with van der Waals surface area (Å²) >= 11 is 6.05. The molecule has 0 radical (unpaired) electrons. The molecule has 0 aromatic heterocycles. The molecule has 3 heteroatoms. The number of hydrogen-bond acceptors (Lipinski definition) is 1. The molecule has 2 aromatic rings. The van der Waals surface area contributed by atoms with Gasteiger partial charge in [0, 0.05) is 5.02 Å². The number of halogens is 2. The molecule has 0 aliphatic carbocycles. The molecule has 88 valence electrons. The fraction of sp³-hybridized carbons (Fsp3) is 0.143. The van der Waals surface area contributed by atoms with Crippen LogP contribution in [-0.4, -0.2) is 0 Å². The lowest BCUT2D eigenvalue weighted by Crippen LogP contribution is -2.13. The van der Waals surface area contributed by atoms with Crippen molar-refractivity contribution in [3.63, 3.8) is 0 Å². The van der Waals surface area contributed by atoms with Crippen LogP contribution in [0.15, 0.2) is 42.5 Å². The van der Waals surface area contributed by atoms with Crippen molar-refractivity contribution < 1.29 is 4.39 Å². The molecule has 2 rings (SSSR count). The number of rotatable bonds is 2. The summed E-state index contributed by atoms with van der Waals surface area (Å²) < 4.78 is 13.1. The van der Waals surface area contributed by atoms with Crippen molar-refractivity contribution >= 4 is 11.6 Å². The van der Waals surface area contributed by atoms with Gasteiger partial charge in [-0.3, -0.25) is 0 Å². The van der Waals surface area contributed by atoms with Crippen molar-refractivity contribution in [2.75, 3.05) is 0 Å². The van der Waals surface area contributed by atoms with Crippen LogP contribution >= 0.6 is 11.6 Å². The van der Waals surface area contributed by atoms with Crippen LogP contribution in [0.4, 0.5) is 4.39 Å². The summed E-state index contributed by atoms with van der Waals surface area (Å²) in [5, 5.41) is 0.675. The average molecular weight is 250 g/mol. The fourth-order valence-corrected chi connectivity index (χ4v) is 2.02. The summed E-state index contributed by atoms with van der Waals surface area (Å²) in [6, 6.07) is 11.5. The van der Waals surface area contributed by atoms with Gasteiger partial charge in [-0.25, -0.2) is 4.39 Å². The smallest absolute Gasteiger partial charge is 0.123 e. The molecule has 0 saturated carbocycles. The first kappa shape index (κ1) is 12.1. The summed E-state index contributed by atoms with van der Waals surface area (Å²) in [4.78, 5) is 0. The molecule has 0 bridgehead atoms. The van der Waals surface area contributed by atoms with Gasteiger partial charge >= 0.3 is 0 Å². The minimum Gasteiger partial charge on any atom is -0.320 e. The van der Waals surface area contributed by atoms with E-state index >= 15 is 0 Å². The van der Waals surface area contributed by atoms with Crippen LogP contribution in [0.25, 0.3) is 0 Å². The van der Waals surface area contributed by atoms with E-state index in [2.05, 4.69) is 0 Å². The molecule has 0 amide bonds. The fourth-order valence-electron chi connectivity index (χ4n) is 1.84. The molecule has 0 fully saturated rings. The molecular formula is C14H13ClFN. The second-order valence-corrected chi connectivity index (χ2v) is 4.39. The number of hydrogen-bond donors (Lipinski definition) is 1. The molecule has 1 nitrogen and oxygen atoms in total. The number of nitrogens with two attached hydrogens (primary N) is 1. The molecule has 2 aromatic carbocycles. The van der Waals surface area contributed by atoms with E-state index in [1.54, 1.807) is 6.07 Å². The van der Waals surface area contributed by atoms with Gasteiger partial charge in [0.05, 0.1) is 6.04 Å². The Morgan fingerprint density at radius 1 is 1.18 bits per heavy atom. The van der Waals surface area contributed by atoms with Crippen LogP contribution in [0.1, 0.15) is 22.7 Å². The van der Waals surface area contributed by atoms with E-state index in [0.29, 0.717) is 5.02 Å². The Bertz CT molecular complexity index is 539.